The van der Waals surface area contributed by atoms with Crippen LogP contribution in [0, 0.1) is 0 Å². The van der Waals surface area contributed by atoms with Crippen LogP contribution in [0.4, 0.5) is 0 Å². The number of hydrogen-bond donors (Lipinski definition) is 1. The van der Waals surface area contributed by atoms with E-state index in [2.05, 4.69) is 12.1 Å². The van der Waals surface area contributed by atoms with Gasteiger partial charge in [0.15, 0.2) is 0 Å². The molecule has 2 aromatic rings. The maximum absolute atomic E-state index is 8.90. The van der Waals surface area contributed by atoms with E-state index in [1.807, 2.05) is 30.3 Å². The third-order valence-electron chi connectivity index (χ3n) is 2.00. The van der Waals surface area contributed by atoms with E-state index in [-0.39, 0.29) is 14.0 Å². The van der Waals surface area contributed by atoms with Gasteiger partial charge in [-0.1, -0.05) is 43.8 Å². The van der Waals surface area contributed by atoms with E-state index in [9.17, 15) is 0 Å². The van der Waals surface area contributed by atoms with E-state index in [4.69, 9.17) is 5.11 Å². The van der Waals surface area contributed by atoms with Gasteiger partial charge in [-0.2, -0.15) is 0 Å². The van der Waals surface area contributed by atoms with E-state index in [1.54, 1.807) is 0 Å². The Morgan fingerprint density at radius 2 is 1.62 bits per heavy atom. The van der Waals surface area contributed by atoms with Gasteiger partial charge in [-0.25, -0.2) is 0 Å². The molecular formula is C12H14O. The summed E-state index contributed by atoms with van der Waals surface area (Å²) in [7, 11) is 0. The fraction of sp³-hybridized carbons (Fsp3) is 0.167. The van der Waals surface area contributed by atoms with Crippen LogP contribution in [-0.2, 0) is 6.61 Å². The van der Waals surface area contributed by atoms with E-state index < -0.39 is 0 Å². The zero-order valence-corrected chi connectivity index (χ0v) is 6.70. The monoisotopic (exact) mass is 174 g/mol. The fourth-order valence-corrected chi connectivity index (χ4v) is 1.34. The molecule has 1 N–H and O–H groups in total. The van der Waals surface area contributed by atoms with Crippen molar-refractivity contribution in [3.63, 3.8) is 0 Å². The average Bonchev–Trinajstić information content (AvgIpc) is 2.17. The maximum Gasteiger partial charge on any atom is 0.0682 e. The Bertz CT molecular complexity index is 393. The van der Waals surface area contributed by atoms with Gasteiger partial charge in [-0.3, -0.25) is 0 Å². The molecule has 0 saturated heterocycles. The molecular weight excluding hydrogens is 160 g/mol. The first-order chi connectivity index (χ1) is 5.90. The lowest BCUT2D eigenvalue weighted by Crippen LogP contribution is -1.81. The van der Waals surface area contributed by atoms with Crippen molar-refractivity contribution in [3.8, 4) is 0 Å². The van der Waals surface area contributed by atoms with Crippen LogP contribution in [0.15, 0.2) is 42.5 Å². The third kappa shape index (κ3) is 1.87. The molecule has 2 rings (SSSR count). The van der Waals surface area contributed by atoms with Gasteiger partial charge in [-0.05, 0) is 22.4 Å². The largest absolute Gasteiger partial charge is 0.392 e. The molecule has 1 nitrogen and oxygen atoms in total. The zero-order valence-electron chi connectivity index (χ0n) is 6.70. The van der Waals surface area contributed by atoms with E-state index >= 15 is 0 Å². The van der Waals surface area contributed by atoms with Crippen molar-refractivity contribution in [2.45, 2.75) is 14.0 Å². The van der Waals surface area contributed by atoms with Crippen LogP contribution in [0.3, 0.4) is 0 Å². The van der Waals surface area contributed by atoms with Gasteiger partial charge < -0.3 is 5.11 Å². The van der Waals surface area contributed by atoms with Crippen LogP contribution in [-0.4, -0.2) is 5.11 Å². The zero-order chi connectivity index (χ0) is 8.39. The Morgan fingerprint density at radius 3 is 2.31 bits per heavy atom. The maximum atomic E-state index is 8.90. The molecule has 0 fully saturated rings. The Kier molecular flexibility index (Phi) is 3.04. The molecule has 0 aromatic heterocycles. The molecule has 0 bridgehead atoms. The summed E-state index contributed by atoms with van der Waals surface area (Å²) in [5.41, 5.74) is 0.966. The molecule has 2 aromatic carbocycles. The molecule has 0 aliphatic heterocycles. The van der Waals surface area contributed by atoms with Crippen molar-refractivity contribution in [3.05, 3.63) is 48.0 Å². The van der Waals surface area contributed by atoms with E-state index in [0.717, 1.165) is 5.56 Å². The topological polar surface area (TPSA) is 20.2 Å². The molecule has 0 amide bonds. The van der Waals surface area contributed by atoms with Crippen molar-refractivity contribution < 1.29 is 5.11 Å². The van der Waals surface area contributed by atoms with Gasteiger partial charge >= 0.3 is 0 Å². The van der Waals surface area contributed by atoms with Crippen LogP contribution < -0.4 is 0 Å². The quantitative estimate of drug-likeness (QED) is 0.704. The number of aliphatic hydroxyl groups is 1. The lowest BCUT2D eigenvalue weighted by Gasteiger charge is -1.99. The Hall–Kier alpha value is -1.34. The number of aliphatic hydroxyl groups excluding tert-OH is 1. The van der Waals surface area contributed by atoms with Crippen LogP contribution in [0.5, 0.6) is 0 Å². The number of hydrogen-bond acceptors (Lipinski definition) is 1. The van der Waals surface area contributed by atoms with Gasteiger partial charge in [-0.15, -0.1) is 0 Å². The van der Waals surface area contributed by atoms with Gasteiger partial charge in [0.25, 0.3) is 0 Å². The summed E-state index contributed by atoms with van der Waals surface area (Å²) in [6, 6.07) is 14.1. The van der Waals surface area contributed by atoms with Gasteiger partial charge in [0, 0.05) is 0 Å². The lowest BCUT2D eigenvalue weighted by molar-refractivity contribution is 0.282. The molecule has 0 aliphatic rings. The Morgan fingerprint density at radius 1 is 0.923 bits per heavy atom. The molecule has 1 heteroatoms. The van der Waals surface area contributed by atoms with Gasteiger partial charge in [0.1, 0.15) is 0 Å². The highest BCUT2D eigenvalue weighted by Gasteiger charge is 1.92. The van der Waals surface area contributed by atoms with Crippen molar-refractivity contribution in [2.75, 3.05) is 0 Å². The normalized spacial score (nSPS) is 9.62. The standard InChI is InChI=1S/C11H10O.CH4/c12-8-9-5-6-10-3-1-2-4-11(10)7-9;/h1-7,12H,8H2;1H4. The Labute approximate surface area is 78.6 Å². The molecule has 13 heavy (non-hydrogen) atoms. The van der Waals surface area contributed by atoms with Crippen molar-refractivity contribution >= 4 is 10.8 Å². The van der Waals surface area contributed by atoms with Crippen LogP contribution >= 0.6 is 0 Å². The minimum absolute atomic E-state index is 0. The van der Waals surface area contributed by atoms with Gasteiger partial charge in [0.05, 0.1) is 6.61 Å². The fourth-order valence-electron chi connectivity index (χ4n) is 1.34. The van der Waals surface area contributed by atoms with Crippen LogP contribution in [0.25, 0.3) is 10.8 Å². The smallest absolute Gasteiger partial charge is 0.0682 e. The lowest BCUT2D eigenvalue weighted by atomic mass is 10.1. The summed E-state index contributed by atoms with van der Waals surface area (Å²) < 4.78 is 0. The van der Waals surface area contributed by atoms with E-state index in [0.29, 0.717) is 0 Å². The summed E-state index contributed by atoms with van der Waals surface area (Å²) in [5.74, 6) is 0. The molecule has 0 unspecified atom stereocenters. The molecule has 0 spiro atoms. The minimum atomic E-state index is 0. The second-order valence-corrected chi connectivity index (χ2v) is 2.84. The highest BCUT2D eigenvalue weighted by molar-refractivity contribution is 5.82. The summed E-state index contributed by atoms with van der Waals surface area (Å²) >= 11 is 0. The second-order valence-electron chi connectivity index (χ2n) is 2.84. The molecule has 0 atom stereocenters. The minimum Gasteiger partial charge on any atom is -0.392 e. The van der Waals surface area contributed by atoms with Crippen LogP contribution in [0.1, 0.15) is 13.0 Å². The van der Waals surface area contributed by atoms with Crippen LogP contribution in [0.2, 0.25) is 0 Å². The predicted octanol–water partition coefficient (Wildman–Crippen LogP) is 2.97. The first-order valence-electron chi connectivity index (χ1n) is 3.99. The molecule has 0 saturated carbocycles. The summed E-state index contributed by atoms with van der Waals surface area (Å²) in [6.45, 7) is 0.116. The predicted molar refractivity (Wildman–Crippen MR) is 56.6 cm³/mol. The van der Waals surface area contributed by atoms with Gasteiger partial charge in [0.2, 0.25) is 0 Å². The van der Waals surface area contributed by atoms with Crippen molar-refractivity contribution in [1.82, 2.24) is 0 Å². The molecule has 0 heterocycles. The average molecular weight is 174 g/mol. The Balaban J connectivity index is 0.000000845. The highest BCUT2D eigenvalue weighted by atomic mass is 16.3. The number of benzene rings is 2. The SMILES string of the molecule is C.OCc1ccc2ccccc2c1. The number of fused-ring (bicyclic) bond motifs is 1. The number of rotatable bonds is 1. The summed E-state index contributed by atoms with van der Waals surface area (Å²) in [6.07, 6.45) is 0. The first-order valence-corrected chi connectivity index (χ1v) is 3.99. The van der Waals surface area contributed by atoms with Crippen molar-refractivity contribution in [2.24, 2.45) is 0 Å². The second kappa shape index (κ2) is 4.06. The summed E-state index contributed by atoms with van der Waals surface area (Å²) in [5, 5.41) is 11.3. The third-order valence-corrected chi connectivity index (χ3v) is 2.00. The van der Waals surface area contributed by atoms with E-state index in [1.165, 1.54) is 10.8 Å². The highest BCUT2D eigenvalue weighted by Crippen LogP contribution is 2.15. The van der Waals surface area contributed by atoms with Crippen molar-refractivity contribution in [1.29, 1.82) is 0 Å². The molecule has 68 valence electrons. The first kappa shape index (κ1) is 9.75. The molecule has 0 aliphatic carbocycles. The molecule has 0 radical (unpaired) electrons. The summed E-state index contributed by atoms with van der Waals surface area (Å²) in [4.78, 5) is 0.